The Labute approximate surface area is 246 Å². The van der Waals surface area contributed by atoms with Crippen LogP contribution in [0, 0.1) is 0 Å². The highest BCUT2D eigenvalue weighted by atomic mass is 79.9. The molecule has 8 heteroatoms. The number of hydrogen-bond acceptors (Lipinski definition) is 2. The van der Waals surface area contributed by atoms with Crippen LogP contribution in [0.1, 0.15) is 70.4 Å². The maximum atomic E-state index is 12.9. The van der Waals surface area contributed by atoms with Gasteiger partial charge >= 0.3 is 0 Å². The summed E-state index contributed by atoms with van der Waals surface area (Å²) in [7, 11) is 0. The Hall–Kier alpha value is -2.58. The lowest BCUT2D eigenvalue weighted by Gasteiger charge is -2.26. The van der Waals surface area contributed by atoms with Crippen molar-refractivity contribution in [3.63, 3.8) is 0 Å². The van der Waals surface area contributed by atoms with E-state index in [2.05, 4.69) is 33.4 Å². The molecule has 2 saturated heterocycles. The lowest BCUT2D eigenvalue weighted by Crippen LogP contribution is -3.00. The Morgan fingerprint density at radius 2 is 0.947 bits per heavy atom. The van der Waals surface area contributed by atoms with E-state index in [0.717, 1.165) is 63.0 Å². The molecular weight excluding hydrogens is 608 g/mol. The van der Waals surface area contributed by atoms with E-state index in [4.69, 9.17) is 0 Å². The minimum Gasteiger partial charge on any atom is -1.00 e. The van der Waals surface area contributed by atoms with Crippen molar-refractivity contribution in [1.29, 1.82) is 0 Å². The van der Waals surface area contributed by atoms with Gasteiger partial charge in [-0.25, -0.2) is 0 Å². The molecule has 0 aliphatic carbocycles. The normalized spacial score (nSPS) is 15.3. The van der Waals surface area contributed by atoms with Crippen molar-refractivity contribution < 1.29 is 52.7 Å². The first kappa shape index (κ1) is 30.0. The van der Waals surface area contributed by atoms with E-state index in [1.807, 2.05) is 58.9 Å². The SMILES string of the molecule is O=C(c1ccc[n+](Cc2ccc(C[n+]3cccc(C(=O)N4CCCCC4)c3)cc2)c1)N1CCCCC1.[Br-].[Br-]. The third-order valence-electron chi connectivity index (χ3n) is 7.25. The zero-order chi connectivity index (χ0) is 24.7. The van der Waals surface area contributed by atoms with Crippen LogP contribution in [0.15, 0.2) is 73.3 Å². The molecule has 38 heavy (non-hydrogen) atoms. The van der Waals surface area contributed by atoms with Gasteiger partial charge in [0.25, 0.3) is 11.8 Å². The van der Waals surface area contributed by atoms with Crippen LogP contribution in [0.25, 0.3) is 0 Å². The van der Waals surface area contributed by atoms with Crippen molar-refractivity contribution in [1.82, 2.24) is 9.80 Å². The number of nitrogens with zero attached hydrogens (tertiary/aromatic N) is 4. The summed E-state index contributed by atoms with van der Waals surface area (Å²) in [6, 6.07) is 16.3. The summed E-state index contributed by atoms with van der Waals surface area (Å²) in [5.74, 6) is 0.273. The van der Waals surface area contributed by atoms with E-state index in [9.17, 15) is 9.59 Å². The van der Waals surface area contributed by atoms with E-state index in [0.29, 0.717) is 13.1 Å². The van der Waals surface area contributed by atoms with Crippen LogP contribution in [0.3, 0.4) is 0 Å². The van der Waals surface area contributed by atoms with Crippen LogP contribution in [0.5, 0.6) is 0 Å². The molecule has 6 nitrogen and oxygen atoms in total. The van der Waals surface area contributed by atoms with E-state index in [1.165, 1.54) is 24.0 Å². The van der Waals surface area contributed by atoms with Gasteiger partial charge in [0.2, 0.25) is 0 Å². The fourth-order valence-corrected chi connectivity index (χ4v) is 5.22. The molecule has 0 radical (unpaired) electrons. The van der Waals surface area contributed by atoms with Gasteiger partial charge in [-0.1, -0.05) is 24.3 Å². The van der Waals surface area contributed by atoms with Crippen molar-refractivity contribution in [3.8, 4) is 0 Å². The molecule has 0 N–H and O–H groups in total. The molecule has 2 amide bonds. The first-order valence-electron chi connectivity index (χ1n) is 13.3. The molecule has 1 aromatic carbocycles. The van der Waals surface area contributed by atoms with Gasteiger partial charge in [0, 0.05) is 49.4 Å². The van der Waals surface area contributed by atoms with Crippen LogP contribution < -0.4 is 43.1 Å². The molecule has 2 aromatic heterocycles. The van der Waals surface area contributed by atoms with Crippen molar-refractivity contribution in [3.05, 3.63) is 95.6 Å². The number of benzene rings is 1. The third kappa shape index (κ3) is 7.73. The molecule has 0 saturated carbocycles. The Kier molecular flexibility index (Phi) is 11.5. The fraction of sp³-hybridized carbons (Fsp3) is 0.400. The molecule has 0 bridgehead atoms. The molecule has 5 rings (SSSR count). The Balaban J connectivity index is 0.00000200. The standard InChI is InChI=1S/C30H36N4O2.2BrH/c35-29(33-17-3-1-4-18-33)27-9-7-15-31(23-27)21-25-11-13-26(14-12-25)22-32-16-8-10-28(24-32)30(36)34-19-5-2-6-20-34;;/h7-16,23-24H,1-6,17-22H2;2*1H/q+2;;/p-2. The summed E-state index contributed by atoms with van der Waals surface area (Å²) >= 11 is 0. The molecule has 3 aromatic rings. The number of likely N-dealkylation sites (tertiary alicyclic amines) is 2. The summed E-state index contributed by atoms with van der Waals surface area (Å²) in [5, 5.41) is 0. The molecular formula is C30H36Br2N4O2. The van der Waals surface area contributed by atoms with Crippen LogP contribution >= 0.6 is 0 Å². The number of aromatic nitrogens is 2. The van der Waals surface area contributed by atoms with Gasteiger partial charge < -0.3 is 43.8 Å². The van der Waals surface area contributed by atoms with Gasteiger partial charge in [-0.05, 0) is 50.7 Å². The predicted octanol–water partition coefficient (Wildman–Crippen LogP) is -2.38. The number of rotatable bonds is 6. The number of carbonyl (C=O) groups is 2. The van der Waals surface area contributed by atoms with Crippen molar-refractivity contribution in [2.75, 3.05) is 26.2 Å². The number of hydrogen-bond donors (Lipinski definition) is 0. The van der Waals surface area contributed by atoms with Gasteiger partial charge in [0.15, 0.2) is 37.9 Å². The number of pyridine rings is 2. The summed E-state index contributed by atoms with van der Waals surface area (Å²) in [5.41, 5.74) is 3.88. The second-order valence-corrected chi connectivity index (χ2v) is 10.1. The maximum Gasteiger partial charge on any atom is 0.259 e. The Bertz CT molecular complexity index is 1110. The summed E-state index contributed by atoms with van der Waals surface area (Å²) in [6.07, 6.45) is 14.8. The van der Waals surface area contributed by atoms with E-state index >= 15 is 0 Å². The molecule has 2 aliphatic rings. The van der Waals surface area contributed by atoms with E-state index in [1.54, 1.807) is 0 Å². The minimum atomic E-state index is 0. The topological polar surface area (TPSA) is 48.4 Å². The van der Waals surface area contributed by atoms with Gasteiger partial charge in [-0.15, -0.1) is 0 Å². The molecule has 4 heterocycles. The van der Waals surface area contributed by atoms with Gasteiger partial charge in [-0.2, -0.15) is 9.13 Å². The Morgan fingerprint density at radius 1 is 0.579 bits per heavy atom. The zero-order valence-electron chi connectivity index (χ0n) is 21.8. The minimum absolute atomic E-state index is 0. The quantitative estimate of drug-likeness (QED) is 0.282. The zero-order valence-corrected chi connectivity index (χ0v) is 24.9. The molecule has 202 valence electrons. The highest BCUT2D eigenvalue weighted by Crippen LogP contribution is 2.14. The largest absolute Gasteiger partial charge is 1.00 e. The fourth-order valence-electron chi connectivity index (χ4n) is 5.22. The third-order valence-corrected chi connectivity index (χ3v) is 7.25. The number of piperidine rings is 2. The first-order valence-corrected chi connectivity index (χ1v) is 13.3. The second kappa shape index (κ2) is 14.5. The summed E-state index contributed by atoms with van der Waals surface area (Å²) in [4.78, 5) is 29.7. The number of carbonyl (C=O) groups excluding carboxylic acids is 2. The van der Waals surface area contributed by atoms with Crippen molar-refractivity contribution >= 4 is 11.8 Å². The lowest BCUT2D eigenvalue weighted by molar-refractivity contribution is -0.689. The summed E-state index contributed by atoms with van der Waals surface area (Å²) in [6.45, 7) is 4.89. The Morgan fingerprint density at radius 3 is 1.32 bits per heavy atom. The van der Waals surface area contributed by atoms with Gasteiger partial charge in [0.05, 0.1) is 0 Å². The monoisotopic (exact) mass is 642 g/mol. The average Bonchev–Trinajstić information content (AvgIpc) is 2.94. The van der Waals surface area contributed by atoms with Gasteiger partial charge in [-0.3, -0.25) is 9.59 Å². The van der Waals surface area contributed by atoms with Gasteiger partial charge in [0.1, 0.15) is 11.1 Å². The van der Waals surface area contributed by atoms with Crippen LogP contribution in [-0.4, -0.2) is 47.8 Å². The summed E-state index contributed by atoms with van der Waals surface area (Å²) < 4.78 is 4.16. The molecule has 0 spiro atoms. The lowest BCUT2D eigenvalue weighted by atomic mass is 10.1. The van der Waals surface area contributed by atoms with E-state index in [-0.39, 0.29) is 45.8 Å². The van der Waals surface area contributed by atoms with Crippen LogP contribution in [0.4, 0.5) is 0 Å². The van der Waals surface area contributed by atoms with Crippen molar-refractivity contribution in [2.24, 2.45) is 0 Å². The average molecular weight is 644 g/mol. The van der Waals surface area contributed by atoms with Crippen molar-refractivity contribution in [2.45, 2.75) is 51.6 Å². The maximum absolute atomic E-state index is 12.9. The van der Waals surface area contributed by atoms with Crippen LogP contribution in [0.2, 0.25) is 0 Å². The number of halogens is 2. The molecule has 0 unspecified atom stereocenters. The molecule has 0 atom stereocenters. The van der Waals surface area contributed by atoms with E-state index < -0.39 is 0 Å². The van der Waals surface area contributed by atoms with Crippen LogP contribution in [-0.2, 0) is 13.1 Å². The molecule has 2 fully saturated rings. The molecule has 2 aliphatic heterocycles. The smallest absolute Gasteiger partial charge is 0.259 e. The highest BCUT2D eigenvalue weighted by molar-refractivity contribution is 5.94. The second-order valence-electron chi connectivity index (χ2n) is 10.1. The first-order chi connectivity index (χ1) is 17.7. The predicted molar refractivity (Wildman–Crippen MR) is 137 cm³/mol. The highest BCUT2D eigenvalue weighted by Gasteiger charge is 2.21. The number of amides is 2.